The van der Waals surface area contributed by atoms with Crippen molar-refractivity contribution in [3.8, 4) is 0 Å². The van der Waals surface area contributed by atoms with Crippen molar-refractivity contribution in [3.63, 3.8) is 0 Å². The third-order valence-electron chi connectivity index (χ3n) is 1.98. The summed E-state index contributed by atoms with van der Waals surface area (Å²) in [4.78, 5) is 14.9. The molecule has 2 heterocycles. The van der Waals surface area contributed by atoms with E-state index in [4.69, 9.17) is 10.8 Å². The molecule has 0 unspecified atom stereocenters. The van der Waals surface area contributed by atoms with Crippen LogP contribution in [0.1, 0.15) is 12.0 Å². The average molecular weight is 204 g/mol. The van der Waals surface area contributed by atoms with Crippen LogP contribution in [0, 0.1) is 0 Å². The number of amidine groups is 1. The summed E-state index contributed by atoms with van der Waals surface area (Å²) in [6, 6.07) is 0. The van der Waals surface area contributed by atoms with E-state index in [1.165, 1.54) is 18.5 Å². The van der Waals surface area contributed by atoms with E-state index in [0.29, 0.717) is 11.3 Å². The molecule has 0 atom stereocenters. The molecule has 0 aliphatic carbocycles. The van der Waals surface area contributed by atoms with Crippen molar-refractivity contribution in [3.05, 3.63) is 23.5 Å². The summed E-state index contributed by atoms with van der Waals surface area (Å²) in [5.74, 6) is -0.742. The third-order valence-corrected chi connectivity index (χ3v) is 1.98. The predicted octanol–water partition coefficient (Wildman–Crippen LogP) is 0.337. The van der Waals surface area contributed by atoms with Gasteiger partial charge >= 0.3 is 5.97 Å². The van der Waals surface area contributed by atoms with Gasteiger partial charge in [0.25, 0.3) is 0 Å². The van der Waals surface area contributed by atoms with Crippen LogP contribution in [0.2, 0.25) is 0 Å². The molecule has 0 fully saturated rings. The van der Waals surface area contributed by atoms with Gasteiger partial charge < -0.3 is 10.8 Å². The van der Waals surface area contributed by atoms with Crippen molar-refractivity contribution in [1.82, 2.24) is 10.2 Å². The molecular weight excluding hydrogens is 196 g/mol. The molecule has 0 radical (unpaired) electrons. The second kappa shape index (κ2) is 3.49. The molecule has 6 nitrogen and oxygen atoms in total. The van der Waals surface area contributed by atoms with E-state index < -0.39 is 5.97 Å². The quantitative estimate of drug-likeness (QED) is 0.686. The highest BCUT2D eigenvalue weighted by molar-refractivity contribution is 6.02. The van der Waals surface area contributed by atoms with Crippen LogP contribution in [0.25, 0.3) is 6.08 Å². The fraction of sp³-hybridized carbons (Fsp3) is 0.111. The molecule has 1 aromatic heterocycles. The molecule has 0 saturated heterocycles. The number of carboxylic acid groups (broad SMARTS) is 1. The summed E-state index contributed by atoms with van der Waals surface area (Å²) in [7, 11) is 0. The Morgan fingerprint density at radius 2 is 2.13 bits per heavy atom. The van der Waals surface area contributed by atoms with E-state index in [0.717, 1.165) is 0 Å². The normalized spacial score (nSPS) is 14.7. The second-order valence-corrected chi connectivity index (χ2v) is 3.08. The number of rotatable bonds is 1. The smallest absolute Gasteiger partial charge is 0.332 e. The van der Waals surface area contributed by atoms with Crippen molar-refractivity contribution in [2.24, 2.45) is 10.7 Å². The summed E-state index contributed by atoms with van der Waals surface area (Å²) in [6.07, 6.45) is 4.55. The van der Waals surface area contributed by atoms with Crippen molar-refractivity contribution in [2.75, 3.05) is 0 Å². The maximum absolute atomic E-state index is 10.8. The number of hydrogen-bond acceptors (Lipinski definition) is 5. The molecule has 0 amide bonds. The van der Waals surface area contributed by atoms with Crippen LogP contribution in [0.3, 0.4) is 0 Å². The maximum Gasteiger partial charge on any atom is 0.332 e. The minimum Gasteiger partial charge on any atom is -0.478 e. The Kier molecular flexibility index (Phi) is 2.17. The van der Waals surface area contributed by atoms with Gasteiger partial charge in [0.15, 0.2) is 0 Å². The Hall–Kier alpha value is -2.24. The molecule has 0 aromatic carbocycles. The highest BCUT2D eigenvalue weighted by Crippen LogP contribution is 2.24. The minimum atomic E-state index is -1.00. The van der Waals surface area contributed by atoms with Crippen molar-refractivity contribution >= 4 is 23.6 Å². The Bertz CT molecular complexity index is 479. The first-order valence-electron chi connectivity index (χ1n) is 4.24. The Morgan fingerprint density at radius 3 is 2.87 bits per heavy atom. The first kappa shape index (κ1) is 9.32. The monoisotopic (exact) mass is 204 g/mol. The average Bonchev–Trinajstić information content (AvgIpc) is 2.35. The Morgan fingerprint density at radius 1 is 1.40 bits per heavy atom. The third kappa shape index (κ3) is 1.83. The van der Waals surface area contributed by atoms with Crippen molar-refractivity contribution in [1.29, 1.82) is 0 Å². The lowest BCUT2D eigenvalue weighted by Crippen LogP contribution is -2.14. The summed E-state index contributed by atoms with van der Waals surface area (Å²) >= 11 is 0. The largest absolute Gasteiger partial charge is 0.478 e. The number of aromatic nitrogens is 2. The zero-order chi connectivity index (χ0) is 10.8. The molecule has 0 spiro atoms. The van der Waals surface area contributed by atoms with Crippen LogP contribution in [-0.4, -0.2) is 27.1 Å². The molecule has 15 heavy (non-hydrogen) atoms. The van der Waals surface area contributed by atoms with Gasteiger partial charge in [-0.05, 0) is 6.08 Å². The summed E-state index contributed by atoms with van der Waals surface area (Å²) in [5.41, 5.74) is 6.93. The molecule has 0 saturated carbocycles. The van der Waals surface area contributed by atoms with E-state index in [1.54, 1.807) is 0 Å². The zero-order valence-electron chi connectivity index (χ0n) is 7.71. The maximum atomic E-state index is 10.8. The van der Waals surface area contributed by atoms with Gasteiger partial charge in [0, 0.05) is 17.6 Å². The molecule has 1 aromatic rings. The van der Waals surface area contributed by atoms with E-state index in [1.807, 2.05) is 0 Å². The van der Waals surface area contributed by atoms with E-state index in [-0.39, 0.29) is 17.8 Å². The van der Waals surface area contributed by atoms with Gasteiger partial charge in [0.1, 0.15) is 5.84 Å². The first-order chi connectivity index (χ1) is 7.16. The fourth-order valence-corrected chi connectivity index (χ4v) is 1.29. The summed E-state index contributed by atoms with van der Waals surface area (Å²) in [5, 5.41) is 16.2. The number of carboxylic acids is 1. The van der Waals surface area contributed by atoms with Gasteiger partial charge in [-0.2, -0.15) is 10.2 Å². The number of fused-ring (bicyclic) bond motifs is 1. The number of hydrogen-bond donors (Lipinski definition) is 2. The fourth-order valence-electron chi connectivity index (χ4n) is 1.29. The molecular formula is C9H8N4O2. The van der Waals surface area contributed by atoms with Crippen LogP contribution in [-0.2, 0) is 4.79 Å². The number of aliphatic imine (C=N–C) groups is 1. The SMILES string of the molecule is NC1=Nc2cnncc2C=C(C(=O)O)C1. The van der Waals surface area contributed by atoms with Gasteiger partial charge in [0.05, 0.1) is 18.1 Å². The highest BCUT2D eigenvalue weighted by Gasteiger charge is 2.14. The molecule has 1 aliphatic rings. The lowest BCUT2D eigenvalue weighted by molar-refractivity contribution is -0.132. The van der Waals surface area contributed by atoms with Crippen LogP contribution >= 0.6 is 0 Å². The molecule has 3 N–H and O–H groups in total. The Balaban J connectivity index is 2.58. The molecule has 76 valence electrons. The van der Waals surface area contributed by atoms with Crippen LogP contribution in [0.15, 0.2) is 23.0 Å². The van der Waals surface area contributed by atoms with Gasteiger partial charge in [-0.25, -0.2) is 9.79 Å². The summed E-state index contributed by atoms with van der Waals surface area (Å²) in [6.45, 7) is 0. The highest BCUT2D eigenvalue weighted by atomic mass is 16.4. The zero-order valence-corrected chi connectivity index (χ0v) is 7.71. The van der Waals surface area contributed by atoms with E-state index in [2.05, 4.69) is 15.2 Å². The molecule has 6 heteroatoms. The minimum absolute atomic E-state index is 0.129. The van der Waals surface area contributed by atoms with Gasteiger partial charge in [-0.1, -0.05) is 0 Å². The van der Waals surface area contributed by atoms with E-state index >= 15 is 0 Å². The molecule has 1 aliphatic heterocycles. The number of nitrogens with zero attached hydrogens (tertiary/aromatic N) is 3. The second-order valence-electron chi connectivity index (χ2n) is 3.08. The first-order valence-corrected chi connectivity index (χ1v) is 4.24. The Labute approximate surface area is 85.2 Å². The number of nitrogens with two attached hydrogens (primary N) is 1. The number of aliphatic carboxylic acids is 1. The number of carbonyl (C=O) groups is 1. The van der Waals surface area contributed by atoms with Crippen LogP contribution in [0.5, 0.6) is 0 Å². The summed E-state index contributed by atoms with van der Waals surface area (Å²) < 4.78 is 0. The lowest BCUT2D eigenvalue weighted by Gasteiger charge is -1.97. The van der Waals surface area contributed by atoms with Gasteiger partial charge in [-0.15, -0.1) is 0 Å². The van der Waals surface area contributed by atoms with Crippen molar-refractivity contribution < 1.29 is 9.90 Å². The molecule has 2 rings (SSSR count). The lowest BCUT2D eigenvalue weighted by atomic mass is 10.1. The predicted molar refractivity (Wildman–Crippen MR) is 53.5 cm³/mol. The topological polar surface area (TPSA) is 101 Å². The standard InChI is InChI=1S/C9H8N4O2/c10-8-2-5(9(14)15)1-6-3-11-12-4-7(6)13-8/h1,3-4H,2H2,(H2,10,13)(H,14,15). The van der Waals surface area contributed by atoms with Crippen LogP contribution < -0.4 is 5.73 Å². The van der Waals surface area contributed by atoms with Gasteiger partial charge in [0.2, 0.25) is 0 Å². The van der Waals surface area contributed by atoms with Gasteiger partial charge in [-0.3, -0.25) is 0 Å². The van der Waals surface area contributed by atoms with E-state index in [9.17, 15) is 4.79 Å². The van der Waals surface area contributed by atoms with Crippen LogP contribution in [0.4, 0.5) is 5.69 Å². The molecule has 0 bridgehead atoms. The van der Waals surface area contributed by atoms with Crippen molar-refractivity contribution in [2.45, 2.75) is 6.42 Å².